The molecule has 0 spiro atoms. The van der Waals surface area contributed by atoms with Crippen LogP contribution in [0.2, 0.25) is 0 Å². The highest BCUT2D eigenvalue weighted by atomic mass is 16.5. The van der Waals surface area contributed by atoms with Gasteiger partial charge in [0.05, 0.1) is 18.8 Å². The number of nitrogens with zero attached hydrogens (tertiary/aromatic N) is 4. The van der Waals surface area contributed by atoms with Crippen LogP contribution in [0.4, 0.5) is 0 Å². The van der Waals surface area contributed by atoms with Crippen LogP contribution < -0.4 is 4.74 Å². The molecule has 5 heterocycles. The van der Waals surface area contributed by atoms with Gasteiger partial charge in [-0.3, -0.25) is 14.4 Å². The molecule has 0 unspecified atom stereocenters. The second kappa shape index (κ2) is 7.48. The Labute approximate surface area is 172 Å². The van der Waals surface area contributed by atoms with E-state index in [-0.39, 0.29) is 5.91 Å². The molecule has 4 aliphatic rings. The van der Waals surface area contributed by atoms with E-state index in [9.17, 15) is 4.79 Å². The van der Waals surface area contributed by atoms with Crippen LogP contribution in [0.3, 0.4) is 0 Å². The third kappa shape index (κ3) is 3.33. The number of piperidine rings is 3. The van der Waals surface area contributed by atoms with Crippen molar-refractivity contribution in [3.05, 3.63) is 47.8 Å². The van der Waals surface area contributed by atoms with Crippen molar-refractivity contribution in [1.82, 2.24) is 19.6 Å². The van der Waals surface area contributed by atoms with Crippen molar-refractivity contribution >= 4 is 5.91 Å². The molecule has 6 nitrogen and oxygen atoms in total. The summed E-state index contributed by atoms with van der Waals surface area (Å²) < 4.78 is 7.36. The molecule has 1 amide bonds. The Balaban J connectivity index is 1.39. The molecule has 0 aliphatic carbocycles. The Morgan fingerprint density at radius 3 is 2.76 bits per heavy atom. The maximum atomic E-state index is 13.3. The SMILES string of the molecule is COc1cccc([C@@H]2CN(C(=O)CCn3ccc(C)n3)[C@@H]3C4CCN(CC4)[C@@H]32)c1. The second-order valence-corrected chi connectivity index (χ2v) is 8.75. The number of hydrogen-bond donors (Lipinski definition) is 0. The Kier molecular flexibility index (Phi) is 4.82. The summed E-state index contributed by atoms with van der Waals surface area (Å²) >= 11 is 0. The molecule has 6 rings (SSSR count). The number of carbonyl (C=O) groups excluding carboxylic acids is 1. The van der Waals surface area contributed by atoms with E-state index in [2.05, 4.69) is 33.1 Å². The molecule has 4 aliphatic heterocycles. The van der Waals surface area contributed by atoms with E-state index >= 15 is 0 Å². The van der Waals surface area contributed by atoms with Gasteiger partial charge in [0.15, 0.2) is 0 Å². The van der Waals surface area contributed by atoms with Crippen molar-refractivity contribution in [3.8, 4) is 5.75 Å². The summed E-state index contributed by atoms with van der Waals surface area (Å²) in [5, 5.41) is 4.43. The van der Waals surface area contributed by atoms with Crippen LogP contribution in [0.25, 0.3) is 0 Å². The van der Waals surface area contributed by atoms with Gasteiger partial charge in [-0.15, -0.1) is 0 Å². The third-order valence-corrected chi connectivity index (χ3v) is 7.17. The molecule has 1 aromatic heterocycles. The van der Waals surface area contributed by atoms with Crippen molar-refractivity contribution in [1.29, 1.82) is 0 Å². The predicted molar refractivity (Wildman–Crippen MR) is 111 cm³/mol. The van der Waals surface area contributed by atoms with Gasteiger partial charge in [-0.05, 0) is 62.5 Å². The number of benzene rings is 1. The summed E-state index contributed by atoms with van der Waals surface area (Å²) in [6, 6.07) is 11.2. The monoisotopic (exact) mass is 394 g/mol. The Morgan fingerprint density at radius 1 is 1.21 bits per heavy atom. The van der Waals surface area contributed by atoms with E-state index in [1.807, 2.05) is 29.9 Å². The number of likely N-dealkylation sites (tertiary alicyclic amines) is 1. The predicted octanol–water partition coefficient (Wildman–Crippen LogP) is 2.68. The fourth-order valence-corrected chi connectivity index (χ4v) is 5.81. The smallest absolute Gasteiger partial charge is 0.224 e. The lowest BCUT2D eigenvalue weighted by atomic mass is 9.75. The molecule has 29 heavy (non-hydrogen) atoms. The lowest BCUT2D eigenvalue weighted by Gasteiger charge is -2.51. The summed E-state index contributed by atoms with van der Waals surface area (Å²) in [6.45, 7) is 5.78. The van der Waals surface area contributed by atoms with Crippen LogP contribution in [0.5, 0.6) is 5.75 Å². The van der Waals surface area contributed by atoms with Gasteiger partial charge in [0, 0.05) is 37.7 Å². The molecular formula is C23H30N4O2. The highest BCUT2D eigenvalue weighted by molar-refractivity contribution is 5.77. The number of aryl methyl sites for hydroxylation is 2. The number of methoxy groups -OCH3 is 1. The molecule has 0 saturated carbocycles. The number of hydrogen-bond acceptors (Lipinski definition) is 4. The normalized spacial score (nSPS) is 30.4. The van der Waals surface area contributed by atoms with Gasteiger partial charge in [-0.2, -0.15) is 5.10 Å². The maximum absolute atomic E-state index is 13.3. The minimum Gasteiger partial charge on any atom is -0.497 e. The van der Waals surface area contributed by atoms with E-state index in [0.717, 1.165) is 18.0 Å². The Bertz CT molecular complexity index is 887. The average molecular weight is 395 g/mol. The Hall–Kier alpha value is -2.34. The third-order valence-electron chi connectivity index (χ3n) is 7.17. The molecule has 4 fully saturated rings. The average Bonchev–Trinajstić information content (AvgIpc) is 3.38. The van der Waals surface area contributed by atoms with Crippen molar-refractivity contribution in [2.75, 3.05) is 26.7 Å². The van der Waals surface area contributed by atoms with Gasteiger partial charge in [0.25, 0.3) is 0 Å². The van der Waals surface area contributed by atoms with Gasteiger partial charge < -0.3 is 9.64 Å². The van der Waals surface area contributed by atoms with Crippen LogP contribution >= 0.6 is 0 Å². The van der Waals surface area contributed by atoms with Crippen molar-refractivity contribution in [3.63, 3.8) is 0 Å². The highest BCUT2D eigenvalue weighted by Crippen LogP contribution is 2.47. The van der Waals surface area contributed by atoms with Gasteiger partial charge in [-0.1, -0.05) is 12.1 Å². The number of ether oxygens (including phenoxy) is 1. The molecule has 3 atom stereocenters. The zero-order chi connectivity index (χ0) is 20.0. The topological polar surface area (TPSA) is 50.6 Å². The number of amides is 1. The van der Waals surface area contributed by atoms with Crippen LogP contribution in [0.15, 0.2) is 36.5 Å². The number of aromatic nitrogens is 2. The standard InChI is InChI=1S/C23H30N4O2/c1-16-6-12-26(24-16)13-9-21(28)27-15-20(18-4-3-5-19(14-18)29-2)23-22(27)17-7-10-25(23)11-8-17/h3-6,12,14,17,20,22-23H,7-11,13,15H2,1-2H3/t20-,22+,23+/m0/s1. The summed E-state index contributed by atoms with van der Waals surface area (Å²) in [5.74, 6) is 2.16. The van der Waals surface area contributed by atoms with Crippen molar-refractivity contribution in [2.24, 2.45) is 5.92 Å². The van der Waals surface area contributed by atoms with Crippen molar-refractivity contribution < 1.29 is 9.53 Å². The first-order valence-electron chi connectivity index (χ1n) is 10.8. The van der Waals surface area contributed by atoms with Gasteiger partial charge in [0.2, 0.25) is 5.91 Å². The van der Waals surface area contributed by atoms with E-state index in [1.54, 1.807) is 7.11 Å². The largest absolute Gasteiger partial charge is 0.497 e. The molecular weight excluding hydrogens is 364 g/mol. The van der Waals surface area contributed by atoms with Crippen LogP contribution in [-0.4, -0.2) is 64.3 Å². The van der Waals surface area contributed by atoms with Crippen molar-refractivity contribution in [2.45, 2.75) is 50.7 Å². The van der Waals surface area contributed by atoms with Crippen LogP contribution in [-0.2, 0) is 11.3 Å². The van der Waals surface area contributed by atoms with Gasteiger partial charge >= 0.3 is 0 Å². The minimum absolute atomic E-state index is 0.271. The fraction of sp³-hybridized carbons (Fsp3) is 0.565. The molecule has 2 aromatic rings. The fourth-order valence-electron chi connectivity index (χ4n) is 5.81. The minimum atomic E-state index is 0.271. The maximum Gasteiger partial charge on any atom is 0.224 e. The molecule has 0 N–H and O–H groups in total. The van der Waals surface area contributed by atoms with Gasteiger partial charge in [0.1, 0.15) is 5.75 Å². The first-order valence-corrected chi connectivity index (χ1v) is 10.8. The summed E-state index contributed by atoms with van der Waals surface area (Å²) in [4.78, 5) is 18.1. The molecule has 154 valence electrons. The summed E-state index contributed by atoms with van der Waals surface area (Å²) in [7, 11) is 1.72. The first kappa shape index (κ1) is 18.7. The lowest BCUT2D eigenvalue weighted by Crippen LogP contribution is -2.60. The molecule has 1 aromatic carbocycles. The van der Waals surface area contributed by atoms with E-state index in [4.69, 9.17) is 4.74 Å². The lowest BCUT2D eigenvalue weighted by molar-refractivity contribution is -0.136. The quantitative estimate of drug-likeness (QED) is 0.782. The second-order valence-electron chi connectivity index (χ2n) is 8.75. The first-order chi connectivity index (χ1) is 14.1. The molecule has 4 saturated heterocycles. The van der Waals surface area contributed by atoms with Crippen LogP contribution in [0, 0.1) is 12.8 Å². The zero-order valence-electron chi connectivity index (χ0n) is 17.3. The summed E-state index contributed by atoms with van der Waals surface area (Å²) in [6.07, 6.45) is 4.91. The Morgan fingerprint density at radius 2 is 2.03 bits per heavy atom. The number of carbonyl (C=O) groups is 1. The number of fused-ring (bicyclic) bond motifs is 2. The number of rotatable bonds is 5. The van der Waals surface area contributed by atoms with E-state index in [0.29, 0.717) is 36.9 Å². The molecule has 6 heteroatoms. The van der Waals surface area contributed by atoms with Crippen LogP contribution in [0.1, 0.15) is 36.4 Å². The van der Waals surface area contributed by atoms with E-state index in [1.165, 1.54) is 31.5 Å². The molecule has 2 bridgehead atoms. The summed E-state index contributed by atoms with van der Waals surface area (Å²) in [5.41, 5.74) is 2.29. The molecule has 0 radical (unpaired) electrons. The zero-order valence-corrected chi connectivity index (χ0v) is 17.3. The van der Waals surface area contributed by atoms with E-state index < -0.39 is 0 Å². The highest BCUT2D eigenvalue weighted by Gasteiger charge is 2.54. The van der Waals surface area contributed by atoms with Gasteiger partial charge in [-0.25, -0.2) is 0 Å².